The number of pyridine rings is 1. The number of benzene rings is 1. The Bertz CT molecular complexity index is 716. The zero-order chi connectivity index (χ0) is 15.7. The summed E-state index contributed by atoms with van der Waals surface area (Å²) in [6.45, 7) is 2.94. The van der Waals surface area contributed by atoms with E-state index in [1.807, 2.05) is 12.1 Å². The van der Waals surface area contributed by atoms with E-state index in [9.17, 15) is 4.79 Å². The minimum atomic E-state index is -0.380. The second-order valence-corrected chi connectivity index (χ2v) is 6.55. The minimum absolute atomic E-state index is 0.132. The molecule has 2 aliphatic rings. The maximum Gasteiger partial charge on any atom is 0.236 e. The number of hydrogen-bond donors (Lipinski definition) is 1. The van der Waals surface area contributed by atoms with Crippen LogP contribution in [0.2, 0.25) is 0 Å². The topological polar surface area (TPSA) is 45.2 Å². The van der Waals surface area contributed by atoms with Crippen molar-refractivity contribution < 1.29 is 4.79 Å². The maximum absolute atomic E-state index is 12.7. The third kappa shape index (κ3) is 2.53. The minimum Gasteiger partial charge on any atom is -0.310 e. The lowest BCUT2D eigenvalue weighted by atomic mass is 9.76. The molecular weight excluding hydrogens is 286 g/mol. The summed E-state index contributed by atoms with van der Waals surface area (Å²) in [7, 11) is 0. The van der Waals surface area contributed by atoms with Crippen LogP contribution in [-0.4, -0.2) is 28.9 Å². The molecular formula is C19H21N3O. The number of anilines is 1. The van der Waals surface area contributed by atoms with E-state index >= 15 is 0 Å². The molecule has 2 aromatic rings. The van der Waals surface area contributed by atoms with E-state index in [1.54, 1.807) is 6.20 Å². The molecule has 2 aliphatic heterocycles. The monoisotopic (exact) mass is 307 g/mol. The molecule has 1 spiro atoms. The molecule has 1 N–H and O–H groups in total. The fraction of sp³-hybridized carbons (Fsp3) is 0.368. The molecule has 0 bridgehead atoms. The van der Waals surface area contributed by atoms with Crippen LogP contribution in [0, 0.1) is 0 Å². The van der Waals surface area contributed by atoms with Gasteiger partial charge in [0.2, 0.25) is 5.91 Å². The normalized spacial score (nSPS) is 24.3. The Morgan fingerprint density at radius 3 is 2.83 bits per heavy atom. The van der Waals surface area contributed by atoms with Gasteiger partial charge in [0.15, 0.2) is 0 Å². The summed E-state index contributed by atoms with van der Waals surface area (Å²) in [5, 5.41) is 2.98. The molecule has 118 valence electrons. The van der Waals surface area contributed by atoms with Crippen LogP contribution in [0.4, 0.5) is 5.82 Å². The van der Waals surface area contributed by atoms with Crippen molar-refractivity contribution in [2.24, 2.45) is 0 Å². The summed E-state index contributed by atoms with van der Waals surface area (Å²) in [5.74, 6) is 0.891. The Morgan fingerprint density at radius 2 is 1.96 bits per heavy atom. The highest BCUT2D eigenvalue weighted by Crippen LogP contribution is 2.43. The van der Waals surface area contributed by atoms with Gasteiger partial charge in [0.25, 0.3) is 0 Å². The van der Waals surface area contributed by atoms with Crippen LogP contribution >= 0.6 is 0 Å². The molecule has 0 saturated carbocycles. The lowest BCUT2D eigenvalue weighted by Gasteiger charge is -2.26. The number of carbonyl (C=O) groups is 1. The molecule has 4 heteroatoms. The molecule has 4 rings (SSSR count). The van der Waals surface area contributed by atoms with Gasteiger partial charge in [-0.05, 0) is 44.0 Å². The zero-order valence-corrected chi connectivity index (χ0v) is 13.2. The van der Waals surface area contributed by atoms with Crippen LogP contribution in [0.1, 0.15) is 30.4 Å². The van der Waals surface area contributed by atoms with Crippen LogP contribution in [0.25, 0.3) is 0 Å². The number of amides is 1. The van der Waals surface area contributed by atoms with Crippen LogP contribution in [0.3, 0.4) is 0 Å². The molecule has 1 aromatic heterocycles. The second-order valence-electron chi connectivity index (χ2n) is 6.55. The van der Waals surface area contributed by atoms with Gasteiger partial charge in [0.1, 0.15) is 5.82 Å². The number of likely N-dealkylation sites (tertiary alicyclic amines) is 1. The van der Waals surface area contributed by atoms with Crippen molar-refractivity contribution >= 4 is 11.7 Å². The molecule has 23 heavy (non-hydrogen) atoms. The molecule has 4 nitrogen and oxygen atoms in total. The van der Waals surface area contributed by atoms with Gasteiger partial charge < -0.3 is 5.32 Å². The summed E-state index contributed by atoms with van der Waals surface area (Å²) in [4.78, 5) is 19.5. The van der Waals surface area contributed by atoms with Gasteiger partial charge >= 0.3 is 0 Å². The number of hydrogen-bond acceptors (Lipinski definition) is 3. The molecule has 1 amide bonds. The van der Waals surface area contributed by atoms with Crippen LogP contribution in [0.15, 0.2) is 48.7 Å². The molecule has 1 saturated heterocycles. The van der Waals surface area contributed by atoms with E-state index in [0.717, 1.165) is 50.3 Å². The molecule has 1 unspecified atom stereocenters. The third-order valence-corrected chi connectivity index (χ3v) is 5.17. The predicted octanol–water partition coefficient (Wildman–Crippen LogP) is 2.96. The smallest absolute Gasteiger partial charge is 0.236 e. The van der Waals surface area contributed by atoms with Crippen LogP contribution in [0.5, 0.6) is 0 Å². The van der Waals surface area contributed by atoms with Gasteiger partial charge in [0, 0.05) is 18.3 Å². The largest absolute Gasteiger partial charge is 0.310 e. The highest BCUT2D eigenvalue weighted by atomic mass is 16.2. The average Bonchev–Trinajstić information content (AvgIpc) is 2.72. The first-order valence-electron chi connectivity index (χ1n) is 8.31. The Balaban J connectivity index is 1.54. The van der Waals surface area contributed by atoms with Gasteiger partial charge in [-0.2, -0.15) is 0 Å². The fourth-order valence-electron chi connectivity index (χ4n) is 3.93. The molecule has 3 heterocycles. The van der Waals surface area contributed by atoms with E-state index in [2.05, 4.69) is 45.5 Å². The lowest BCUT2D eigenvalue weighted by Crippen LogP contribution is -2.35. The van der Waals surface area contributed by atoms with Crippen molar-refractivity contribution in [3.63, 3.8) is 0 Å². The Kier molecular flexibility index (Phi) is 3.62. The van der Waals surface area contributed by atoms with E-state index in [-0.39, 0.29) is 11.3 Å². The first kappa shape index (κ1) is 14.4. The number of nitrogens with zero attached hydrogens (tertiary/aromatic N) is 2. The Hall–Kier alpha value is -2.20. The summed E-state index contributed by atoms with van der Waals surface area (Å²) < 4.78 is 0. The van der Waals surface area contributed by atoms with Crippen molar-refractivity contribution in [1.29, 1.82) is 0 Å². The molecule has 1 fully saturated rings. The maximum atomic E-state index is 12.7. The average molecular weight is 307 g/mol. The molecule has 1 aromatic carbocycles. The van der Waals surface area contributed by atoms with Gasteiger partial charge in [-0.1, -0.05) is 36.4 Å². The van der Waals surface area contributed by atoms with Gasteiger partial charge in [0.05, 0.1) is 5.41 Å². The number of aromatic nitrogens is 1. The van der Waals surface area contributed by atoms with Crippen molar-refractivity contribution in [2.75, 3.05) is 18.4 Å². The first-order valence-corrected chi connectivity index (χ1v) is 8.31. The highest BCUT2D eigenvalue weighted by Gasteiger charge is 2.47. The number of rotatable bonds is 2. The van der Waals surface area contributed by atoms with Crippen LogP contribution in [-0.2, 0) is 16.8 Å². The second kappa shape index (κ2) is 5.78. The summed E-state index contributed by atoms with van der Waals surface area (Å²) in [6, 6.07) is 14.6. The lowest BCUT2D eigenvalue weighted by molar-refractivity contribution is -0.121. The summed E-state index contributed by atoms with van der Waals surface area (Å²) >= 11 is 0. The van der Waals surface area contributed by atoms with E-state index < -0.39 is 0 Å². The van der Waals surface area contributed by atoms with Crippen molar-refractivity contribution in [3.05, 3.63) is 59.8 Å². The van der Waals surface area contributed by atoms with Crippen molar-refractivity contribution in [3.8, 4) is 0 Å². The number of fused-ring (bicyclic) bond motifs is 2. The van der Waals surface area contributed by atoms with Gasteiger partial charge in [-0.3, -0.25) is 9.69 Å². The molecule has 0 aliphatic carbocycles. The fourth-order valence-corrected chi connectivity index (χ4v) is 3.93. The van der Waals surface area contributed by atoms with Gasteiger partial charge in [-0.15, -0.1) is 0 Å². The van der Waals surface area contributed by atoms with E-state index in [1.165, 1.54) is 5.56 Å². The SMILES string of the molecule is O=C1Nc2ncccc2C12CCCN(Cc1ccccc1)CC2. The zero-order valence-electron chi connectivity index (χ0n) is 13.2. The van der Waals surface area contributed by atoms with Crippen LogP contribution < -0.4 is 5.32 Å². The Morgan fingerprint density at radius 1 is 1.09 bits per heavy atom. The van der Waals surface area contributed by atoms with E-state index in [4.69, 9.17) is 0 Å². The quantitative estimate of drug-likeness (QED) is 0.928. The number of nitrogens with one attached hydrogen (secondary N) is 1. The predicted molar refractivity (Wildman–Crippen MR) is 90.1 cm³/mol. The van der Waals surface area contributed by atoms with Crippen molar-refractivity contribution in [1.82, 2.24) is 9.88 Å². The van der Waals surface area contributed by atoms with Crippen molar-refractivity contribution in [2.45, 2.75) is 31.2 Å². The number of carbonyl (C=O) groups excluding carboxylic acids is 1. The third-order valence-electron chi connectivity index (χ3n) is 5.17. The molecule has 0 radical (unpaired) electrons. The standard InChI is InChI=1S/C19H21N3O/c23-18-19(16-8-4-11-20-17(16)21-18)9-5-12-22(13-10-19)14-15-6-2-1-3-7-15/h1-4,6-8,11H,5,9-10,12-14H2,(H,20,21,23). The Labute approximate surface area is 136 Å². The highest BCUT2D eigenvalue weighted by molar-refractivity contribution is 6.05. The first-order chi connectivity index (χ1) is 11.3. The molecule has 1 atom stereocenters. The van der Waals surface area contributed by atoms with Gasteiger partial charge in [-0.25, -0.2) is 4.98 Å². The van der Waals surface area contributed by atoms with E-state index in [0.29, 0.717) is 0 Å². The summed E-state index contributed by atoms with van der Waals surface area (Å²) in [5.41, 5.74) is 2.04. The summed E-state index contributed by atoms with van der Waals surface area (Å²) in [6.07, 6.45) is 4.55.